The third-order valence-electron chi connectivity index (χ3n) is 4.33. The molecule has 0 N–H and O–H groups in total. The van der Waals surface area contributed by atoms with Gasteiger partial charge in [-0.1, -0.05) is 0 Å². The molecular formula is C17H22F7N4O5P. The molecule has 0 amide bonds. The second kappa shape index (κ2) is 11.6. The van der Waals surface area contributed by atoms with Gasteiger partial charge in [0.1, 0.15) is 12.2 Å². The van der Waals surface area contributed by atoms with Gasteiger partial charge in [-0.15, -0.1) is 0 Å². The van der Waals surface area contributed by atoms with Gasteiger partial charge in [0.05, 0.1) is 13.2 Å². The number of hydrogen-bond donors (Lipinski definition) is 0. The maximum Gasteiger partial charge on any atom is 0.412 e. The molecule has 0 bridgehead atoms. The zero-order valence-electron chi connectivity index (χ0n) is 17.9. The normalized spacial score (nSPS) is 16.9. The van der Waals surface area contributed by atoms with Gasteiger partial charge in [-0.25, -0.2) is 14.2 Å². The molecular weight excluding hydrogens is 504 g/mol. The van der Waals surface area contributed by atoms with E-state index in [1.807, 2.05) is 4.90 Å². The lowest BCUT2D eigenvalue weighted by molar-refractivity contribution is -0.166. The summed E-state index contributed by atoms with van der Waals surface area (Å²) in [4.78, 5) is 21.6. The van der Waals surface area contributed by atoms with Crippen molar-refractivity contribution < 1.29 is 49.1 Å². The van der Waals surface area contributed by atoms with Gasteiger partial charge in [-0.3, -0.25) is 18.2 Å². The Balaban J connectivity index is 1.99. The third kappa shape index (κ3) is 9.68. The van der Waals surface area contributed by atoms with Gasteiger partial charge in [0.15, 0.2) is 24.8 Å². The molecule has 194 valence electrons. The monoisotopic (exact) mass is 526 g/mol. The molecule has 0 radical (unpaired) electrons. The molecule has 0 unspecified atom stereocenters. The minimum atomic E-state index is -4.98. The molecule has 0 spiro atoms. The minimum absolute atomic E-state index is 0.405. The van der Waals surface area contributed by atoms with E-state index in [1.54, 1.807) is 7.05 Å². The van der Waals surface area contributed by atoms with E-state index in [0.717, 1.165) is 30.2 Å². The molecule has 34 heavy (non-hydrogen) atoms. The van der Waals surface area contributed by atoms with Crippen LogP contribution in [-0.2, 0) is 24.9 Å². The summed E-state index contributed by atoms with van der Waals surface area (Å²) in [5.74, 6) is -0.790. The van der Waals surface area contributed by atoms with Crippen LogP contribution < -0.4 is 5.69 Å². The zero-order valence-corrected chi connectivity index (χ0v) is 18.8. The molecule has 1 aromatic rings. The molecule has 1 aromatic heterocycles. The number of nitrogens with zero attached hydrogens (tertiary/aromatic N) is 4. The van der Waals surface area contributed by atoms with E-state index in [1.165, 1.54) is 0 Å². The Labute approximate surface area is 189 Å². The molecule has 0 atom stereocenters. The molecule has 0 aromatic carbocycles. The summed E-state index contributed by atoms with van der Waals surface area (Å²) in [6, 6.07) is 0. The van der Waals surface area contributed by atoms with Crippen molar-refractivity contribution in [3.05, 3.63) is 22.5 Å². The molecule has 2 heterocycles. The first-order chi connectivity index (χ1) is 15.7. The van der Waals surface area contributed by atoms with Crippen LogP contribution in [0.1, 0.15) is 19.3 Å². The summed E-state index contributed by atoms with van der Waals surface area (Å²) in [5, 5.41) is 0. The predicted molar refractivity (Wildman–Crippen MR) is 104 cm³/mol. The smallest absolute Gasteiger partial charge is 0.367 e. The molecule has 1 fully saturated rings. The van der Waals surface area contributed by atoms with Crippen molar-refractivity contribution in [3.63, 3.8) is 0 Å². The number of alkyl halides is 6. The van der Waals surface area contributed by atoms with Crippen LogP contribution in [0.2, 0.25) is 0 Å². The number of ether oxygens (including phenoxy) is 1. The highest BCUT2D eigenvalue weighted by Gasteiger charge is 2.38. The standard InChI is InChI=1S/C17H22F7N4O5P/c1-27-5-3-2-4-13(27)25-14-12(18)8-28(15(29)26-14)6-7-31-11-34(30,32-9-16(19,20)21)33-10-17(22,23)24/h8H,2-7,9-11H2,1H3. The van der Waals surface area contributed by atoms with Gasteiger partial charge in [0, 0.05) is 26.2 Å². The Morgan fingerprint density at radius 3 is 2.29 bits per heavy atom. The second-order valence-corrected chi connectivity index (χ2v) is 9.22. The van der Waals surface area contributed by atoms with E-state index >= 15 is 0 Å². The van der Waals surface area contributed by atoms with Gasteiger partial charge in [-0.05, 0) is 12.8 Å². The van der Waals surface area contributed by atoms with E-state index in [9.17, 15) is 40.1 Å². The van der Waals surface area contributed by atoms with Crippen LogP contribution in [0.25, 0.3) is 0 Å². The highest BCUT2D eigenvalue weighted by Crippen LogP contribution is 2.50. The fraction of sp³-hybridized carbons (Fsp3) is 0.706. The van der Waals surface area contributed by atoms with Gasteiger partial charge in [0.2, 0.25) is 0 Å². The molecule has 2 rings (SSSR count). The SMILES string of the molecule is CN1CCCCC1=Nc1nc(=O)n(CCOCP(=O)(OCC(F)(F)F)OCC(F)(F)F)cc1F. The highest BCUT2D eigenvalue weighted by molar-refractivity contribution is 7.53. The lowest BCUT2D eigenvalue weighted by Crippen LogP contribution is -2.32. The summed E-state index contributed by atoms with van der Waals surface area (Å²) in [6.45, 7) is -4.49. The highest BCUT2D eigenvalue weighted by atomic mass is 31.2. The van der Waals surface area contributed by atoms with Crippen molar-refractivity contribution in [1.82, 2.24) is 14.5 Å². The number of aliphatic imine (C=N–C) groups is 1. The number of piperidine rings is 1. The Kier molecular flexibility index (Phi) is 9.62. The van der Waals surface area contributed by atoms with E-state index in [-0.39, 0.29) is 0 Å². The molecule has 0 aliphatic carbocycles. The Hall–Kier alpha value is -2.03. The molecule has 17 heteroatoms. The Morgan fingerprint density at radius 2 is 1.74 bits per heavy atom. The van der Waals surface area contributed by atoms with Crippen molar-refractivity contribution in [1.29, 1.82) is 0 Å². The quantitative estimate of drug-likeness (QED) is 0.260. The molecule has 1 saturated heterocycles. The molecule has 1 aliphatic heterocycles. The topological polar surface area (TPSA) is 95.2 Å². The first-order valence-electron chi connectivity index (χ1n) is 9.82. The number of likely N-dealkylation sites (tertiary alicyclic amines) is 1. The van der Waals surface area contributed by atoms with Gasteiger partial charge in [-0.2, -0.15) is 31.3 Å². The number of rotatable bonds is 10. The van der Waals surface area contributed by atoms with Crippen LogP contribution in [0.5, 0.6) is 0 Å². The number of aromatic nitrogens is 2. The van der Waals surface area contributed by atoms with E-state index in [0.29, 0.717) is 12.3 Å². The average Bonchev–Trinajstić information content (AvgIpc) is 2.72. The van der Waals surface area contributed by atoms with Gasteiger partial charge in [0.25, 0.3) is 0 Å². The zero-order chi connectivity index (χ0) is 25.6. The van der Waals surface area contributed by atoms with Gasteiger partial charge >= 0.3 is 25.6 Å². The largest absolute Gasteiger partial charge is 0.412 e. The van der Waals surface area contributed by atoms with E-state index < -0.39 is 70.0 Å². The lowest BCUT2D eigenvalue weighted by atomic mass is 10.1. The number of halogens is 7. The van der Waals surface area contributed by atoms with Crippen molar-refractivity contribution >= 4 is 19.2 Å². The summed E-state index contributed by atoms with van der Waals surface area (Å²) in [6.07, 6.45) is -8.06. The first kappa shape index (κ1) is 28.2. The van der Waals surface area contributed by atoms with Crippen molar-refractivity contribution in [2.24, 2.45) is 4.99 Å². The first-order valence-corrected chi connectivity index (χ1v) is 11.6. The average molecular weight is 526 g/mol. The van der Waals surface area contributed by atoms with Crippen LogP contribution in [0.15, 0.2) is 16.0 Å². The van der Waals surface area contributed by atoms with Crippen LogP contribution in [-0.4, -0.2) is 72.4 Å². The molecule has 0 saturated carbocycles. The van der Waals surface area contributed by atoms with Crippen molar-refractivity contribution in [2.75, 3.05) is 39.8 Å². The summed E-state index contributed by atoms with van der Waals surface area (Å²) >= 11 is 0. The number of amidine groups is 1. The summed E-state index contributed by atoms with van der Waals surface area (Å²) in [5.41, 5.74) is -0.923. The van der Waals surface area contributed by atoms with Crippen molar-refractivity contribution in [2.45, 2.75) is 38.2 Å². The van der Waals surface area contributed by atoms with Gasteiger partial charge < -0.3 is 9.64 Å². The predicted octanol–water partition coefficient (Wildman–Crippen LogP) is 3.85. The fourth-order valence-corrected chi connectivity index (χ4v) is 3.97. The molecule has 9 nitrogen and oxygen atoms in total. The van der Waals surface area contributed by atoms with Crippen LogP contribution in [0, 0.1) is 5.82 Å². The maximum absolute atomic E-state index is 14.3. The number of hydrogen-bond acceptors (Lipinski definition) is 7. The second-order valence-electron chi connectivity index (χ2n) is 7.22. The maximum atomic E-state index is 14.3. The third-order valence-corrected chi connectivity index (χ3v) is 5.87. The van der Waals surface area contributed by atoms with Crippen LogP contribution in [0.4, 0.5) is 36.6 Å². The van der Waals surface area contributed by atoms with Crippen LogP contribution in [0.3, 0.4) is 0 Å². The minimum Gasteiger partial charge on any atom is -0.367 e. The summed E-state index contributed by atoms with van der Waals surface area (Å²) in [7, 11) is -3.18. The van der Waals surface area contributed by atoms with E-state index in [4.69, 9.17) is 4.74 Å². The summed E-state index contributed by atoms with van der Waals surface area (Å²) < 4.78 is 114. The Morgan fingerprint density at radius 1 is 1.12 bits per heavy atom. The fourth-order valence-electron chi connectivity index (χ4n) is 2.71. The van der Waals surface area contributed by atoms with E-state index in [2.05, 4.69) is 19.0 Å². The molecule has 1 aliphatic rings. The Bertz CT molecular complexity index is 945. The lowest BCUT2D eigenvalue weighted by Gasteiger charge is -2.25. The van der Waals surface area contributed by atoms with Crippen molar-refractivity contribution in [3.8, 4) is 0 Å². The van der Waals surface area contributed by atoms with Crippen LogP contribution >= 0.6 is 7.60 Å².